The Balaban J connectivity index is 1.15. The number of fused-ring (bicyclic) bond motifs is 6. The maximum atomic E-state index is 9.47. The van der Waals surface area contributed by atoms with Gasteiger partial charge in [-0.25, -0.2) is 15.0 Å². The molecule has 3 aromatic heterocycles. The topological polar surface area (TPSA) is 43.6 Å². The summed E-state index contributed by atoms with van der Waals surface area (Å²) < 4.78 is 76.5. The molecule has 0 aliphatic carbocycles. The van der Waals surface area contributed by atoms with E-state index in [9.17, 15) is 5.48 Å². The molecular formula is C57H36N4S. The van der Waals surface area contributed by atoms with Crippen molar-refractivity contribution in [2.24, 2.45) is 0 Å². The van der Waals surface area contributed by atoms with E-state index in [4.69, 9.17) is 20.4 Å². The van der Waals surface area contributed by atoms with E-state index in [2.05, 4.69) is 60.7 Å². The molecule has 0 atom stereocenters. The third-order valence-electron chi connectivity index (χ3n) is 11.4. The van der Waals surface area contributed by atoms with Crippen LogP contribution < -0.4 is 0 Å². The molecule has 0 amide bonds. The van der Waals surface area contributed by atoms with E-state index in [0.29, 0.717) is 28.5 Å². The van der Waals surface area contributed by atoms with Gasteiger partial charge in [0.15, 0.2) is 17.5 Å². The van der Waals surface area contributed by atoms with Crippen LogP contribution in [0.5, 0.6) is 0 Å². The van der Waals surface area contributed by atoms with E-state index in [1.54, 1.807) is 15.9 Å². The normalized spacial score (nSPS) is 13.4. The standard InChI is InChI=1S/C57H36N4S/c1-3-14-37(15-4-1)38-26-28-39(29-27-38)40-30-32-41(33-31-40)44-21-13-22-49(54(44)61-50-23-10-7-18-45(50)46-19-8-11-24-51(46)61)57-59-55(42-16-5-2-6-17-42)58-56(60-57)43-34-35-48-47-20-9-12-25-52(47)62-53(48)36-43/h1-36H/i7D,8D,10D,11D,18D,19D,23D,24D. The van der Waals surface area contributed by atoms with Gasteiger partial charge in [0.05, 0.1) is 27.7 Å². The van der Waals surface area contributed by atoms with Crippen LogP contribution >= 0.6 is 11.3 Å². The average molecular weight is 817 g/mol. The molecule has 0 N–H and O–H groups in total. The van der Waals surface area contributed by atoms with Crippen molar-refractivity contribution in [3.8, 4) is 73.2 Å². The monoisotopic (exact) mass is 816 g/mol. The van der Waals surface area contributed by atoms with E-state index < -0.39 is 48.3 Å². The van der Waals surface area contributed by atoms with Gasteiger partial charge < -0.3 is 4.57 Å². The number of rotatable bonds is 7. The quantitative estimate of drug-likeness (QED) is 0.161. The minimum atomic E-state index is -0.518. The first kappa shape index (κ1) is 28.5. The van der Waals surface area contributed by atoms with Crippen LogP contribution in [-0.4, -0.2) is 19.5 Å². The van der Waals surface area contributed by atoms with Crippen LogP contribution in [0.4, 0.5) is 0 Å². The van der Waals surface area contributed by atoms with Gasteiger partial charge >= 0.3 is 0 Å². The van der Waals surface area contributed by atoms with Gasteiger partial charge in [0.2, 0.25) is 0 Å². The molecule has 290 valence electrons. The summed E-state index contributed by atoms with van der Waals surface area (Å²) >= 11 is 1.68. The van der Waals surface area contributed by atoms with Crippen molar-refractivity contribution in [2.75, 3.05) is 0 Å². The number of aromatic nitrogens is 4. The molecule has 0 aliphatic heterocycles. The second-order valence-electron chi connectivity index (χ2n) is 15.0. The van der Waals surface area contributed by atoms with Gasteiger partial charge in [-0.3, -0.25) is 0 Å². The van der Waals surface area contributed by atoms with E-state index in [0.717, 1.165) is 59.1 Å². The Bertz CT molecular complexity index is 4010. The van der Waals surface area contributed by atoms with E-state index in [1.165, 1.54) is 0 Å². The van der Waals surface area contributed by atoms with Crippen molar-refractivity contribution >= 4 is 53.3 Å². The summed E-state index contributed by atoms with van der Waals surface area (Å²) in [6.07, 6.45) is 0. The summed E-state index contributed by atoms with van der Waals surface area (Å²) in [5.41, 5.74) is 7.77. The SMILES string of the molecule is [2H]c1c([2H])c([2H])c2c(c1[2H])c1c([2H])c([2H])c([2H])c([2H])c1n2-c1c(-c2ccc(-c3ccc(-c4ccccc4)cc3)cc2)cccc1-c1nc(-c2ccccc2)nc(-c2ccc3c(c2)sc2ccccc23)n1. The Morgan fingerprint density at radius 1 is 0.355 bits per heavy atom. The van der Waals surface area contributed by atoms with Gasteiger partial charge in [0, 0.05) is 53.2 Å². The predicted molar refractivity (Wildman–Crippen MR) is 260 cm³/mol. The van der Waals surface area contributed by atoms with Crippen LogP contribution in [0.3, 0.4) is 0 Å². The highest BCUT2D eigenvalue weighted by molar-refractivity contribution is 7.25. The lowest BCUT2D eigenvalue weighted by molar-refractivity contribution is 1.07. The number of hydrogen-bond donors (Lipinski definition) is 0. The smallest absolute Gasteiger partial charge is 0.166 e. The molecule has 9 aromatic carbocycles. The fourth-order valence-electron chi connectivity index (χ4n) is 8.38. The van der Waals surface area contributed by atoms with Crippen molar-refractivity contribution < 1.29 is 11.0 Å². The zero-order chi connectivity index (χ0) is 47.9. The molecule has 12 aromatic rings. The molecule has 0 bridgehead atoms. The Morgan fingerprint density at radius 2 is 0.839 bits per heavy atom. The highest BCUT2D eigenvalue weighted by atomic mass is 32.1. The second kappa shape index (κ2) is 14.9. The zero-order valence-corrected chi connectivity index (χ0v) is 33.7. The molecule has 0 fully saturated rings. The first-order valence-corrected chi connectivity index (χ1v) is 21.0. The number of hydrogen-bond acceptors (Lipinski definition) is 4. The predicted octanol–water partition coefficient (Wildman–Crippen LogP) is 15.3. The van der Waals surface area contributed by atoms with E-state index in [1.807, 2.05) is 109 Å². The summed E-state index contributed by atoms with van der Waals surface area (Å²) in [5.74, 6) is 1.03. The lowest BCUT2D eigenvalue weighted by Crippen LogP contribution is -2.05. The highest BCUT2D eigenvalue weighted by Crippen LogP contribution is 2.42. The summed E-state index contributed by atoms with van der Waals surface area (Å²) in [5, 5.41) is 2.22. The molecule has 62 heavy (non-hydrogen) atoms. The number of nitrogens with zero attached hydrogens (tertiary/aromatic N) is 4. The van der Waals surface area contributed by atoms with E-state index in [-0.39, 0.29) is 27.6 Å². The van der Waals surface area contributed by atoms with Crippen molar-refractivity contribution in [1.82, 2.24) is 19.5 Å². The van der Waals surface area contributed by atoms with Crippen LogP contribution in [0.25, 0.3) is 115 Å². The molecule has 0 saturated carbocycles. The van der Waals surface area contributed by atoms with Crippen LogP contribution in [0.1, 0.15) is 11.0 Å². The van der Waals surface area contributed by atoms with Gasteiger partial charge in [-0.05, 0) is 58.1 Å². The second-order valence-corrected chi connectivity index (χ2v) is 16.1. The van der Waals surface area contributed by atoms with Crippen LogP contribution in [0, 0.1) is 0 Å². The number of para-hydroxylation sites is 3. The minimum Gasteiger partial charge on any atom is -0.308 e. The Kier molecular flexibility index (Phi) is 6.86. The highest BCUT2D eigenvalue weighted by Gasteiger charge is 2.23. The van der Waals surface area contributed by atoms with Crippen molar-refractivity contribution in [3.05, 3.63) is 218 Å². The van der Waals surface area contributed by atoms with Crippen molar-refractivity contribution in [1.29, 1.82) is 0 Å². The fourth-order valence-corrected chi connectivity index (χ4v) is 9.52. The fraction of sp³-hybridized carbons (Fsp3) is 0. The molecule has 0 aliphatic rings. The number of thiophene rings is 1. The summed E-state index contributed by atoms with van der Waals surface area (Å²) in [7, 11) is 0. The van der Waals surface area contributed by atoms with Gasteiger partial charge in [-0.2, -0.15) is 0 Å². The largest absolute Gasteiger partial charge is 0.308 e. The van der Waals surface area contributed by atoms with Gasteiger partial charge in [-0.15, -0.1) is 11.3 Å². The molecule has 5 heteroatoms. The van der Waals surface area contributed by atoms with Crippen LogP contribution in [0.15, 0.2) is 218 Å². The summed E-state index contributed by atoms with van der Waals surface area (Å²) in [4.78, 5) is 15.4. The summed E-state index contributed by atoms with van der Waals surface area (Å²) in [6, 6.07) is 52.5. The first-order valence-electron chi connectivity index (χ1n) is 24.2. The Morgan fingerprint density at radius 3 is 1.50 bits per heavy atom. The summed E-state index contributed by atoms with van der Waals surface area (Å²) in [6.45, 7) is 0. The van der Waals surface area contributed by atoms with Gasteiger partial charge in [-0.1, -0.05) is 188 Å². The van der Waals surface area contributed by atoms with Crippen molar-refractivity contribution in [3.63, 3.8) is 0 Å². The van der Waals surface area contributed by atoms with E-state index >= 15 is 0 Å². The average Bonchev–Trinajstić information content (AvgIpc) is 3.97. The lowest BCUT2D eigenvalue weighted by Gasteiger charge is -2.19. The lowest BCUT2D eigenvalue weighted by atomic mass is 9.95. The molecule has 0 unspecified atom stereocenters. The first-order chi connectivity index (χ1) is 34.0. The van der Waals surface area contributed by atoms with Crippen molar-refractivity contribution in [2.45, 2.75) is 0 Å². The number of benzene rings is 9. The molecule has 12 rings (SSSR count). The van der Waals surface area contributed by atoms with Crippen LogP contribution in [0.2, 0.25) is 0 Å². The Hall–Kier alpha value is -7.99. The molecule has 0 spiro atoms. The molecular weight excluding hydrogens is 773 g/mol. The third kappa shape index (κ3) is 6.18. The molecule has 0 saturated heterocycles. The molecule has 3 heterocycles. The molecule has 0 radical (unpaired) electrons. The van der Waals surface area contributed by atoms with Crippen LogP contribution in [-0.2, 0) is 0 Å². The van der Waals surface area contributed by atoms with Gasteiger partial charge in [0.25, 0.3) is 0 Å². The third-order valence-corrected chi connectivity index (χ3v) is 12.5. The zero-order valence-electron chi connectivity index (χ0n) is 40.9. The molecule has 4 nitrogen and oxygen atoms in total. The minimum absolute atomic E-state index is 0.00963. The maximum Gasteiger partial charge on any atom is 0.166 e. The maximum absolute atomic E-state index is 9.47. The Labute approximate surface area is 374 Å². The van der Waals surface area contributed by atoms with Gasteiger partial charge in [0.1, 0.15) is 0 Å².